The van der Waals surface area contributed by atoms with Gasteiger partial charge in [-0.25, -0.2) is 0 Å². The van der Waals surface area contributed by atoms with E-state index < -0.39 is 5.91 Å². The fraction of sp³-hybridized carbons (Fsp3) is 0.143. The van der Waals surface area contributed by atoms with Gasteiger partial charge in [-0.05, 0) is 30.2 Å². The normalized spacial score (nSPS) is 10.1. The van der Waals surface area contributed by atoms with Crippen LogP contribution >= 0.6 is 0 Å². The van der Waals surface area contributed by atoms with Crippen LogP contribution in [0.5, 0.6) is 0 Å². The average molecular weight is 242 g/mol. The topological polar surface area (TPSA) is 56.0 Å². The number of benzene rings is 1. The second-order valence-corrected chi connectivity index (χ2v) is 3.92. The van der Waals surface area contributed by atoms with Crippen LogP contribution in [0.2, 0.25) is 0 Å². The van der Waals surface area contributed by atoms with E-state index in [9.17, 15) is 10.0 Å². The molecule has 18 heavy (non-hydrogen) atoms. The van der Waals surface area contributed by atoms with Crippen molar-refractivity contribution in [1.29, 1.82) is 0 Å². The van der Waals surface area contributed by atoms with E-state index in [1.54, 1.807) is 12.1 Å². The lowest BCUT2D eigenvalue weighted by molar-refractivity contribution is -0.607. The molecule has 0 aliphatic carbocycles. The zero-order valence-corrected chi connectivity index (χ0v) is 10.1. The van der Waals surface area contributed by atoms with E-state index in [0.29, 0.717) is 10.4 Å². The Bertz CT molecular complexity index is 550. The molecule has 1 heterocycles. The smallest absolute Gasteiger partial charge is 0.321 e. The third kappa shape index (κ3) is 2.66. The Hall–Kier alpha value is -2.36. The zero-order valence-electron chi connectivity index (χ0n) is 10.1. The van der Waals surface area contributed by atoms with Crippen LogP contribution in [-0.2, 0) is 6.42 Å². The predicted octanol–water partition coefficient (Wildman–Crippen LogP) is 2.13. The molecule has 0 spiro atoms. The maximum absolute atomic E-state index is 11.9. The Morgan fingerprint density at radius 2 is 1.94 bits per heavy atom. The first-order valence-electron chi connectivity index (χ1n) is 5.79. The molecule has 4 nitrogen and oxygen atoms in total. The molecular formula is C14H14N2O2. The summed E-state index contributed by atoms with van der Waals surface area (Å²) in [5.74, 6) is -0.408. The van der Waals surface area contributed by atoms with E-state index in [-0.39, 0.29) is 5.69 Å². The van der Waals surface area contributed by atoms with Crippen molar-refractivity contribution in [2.45, 2.75) is 13.3 Å². The second kappa shape index (κ2) is 5.31. The third-order valence-corrected chi connectivity index (χ3v) is 2.68. The van der Waals surface area contributed by atoms with Gasteiger partial charge < -0.3 is 10.5 Å². The van der Waals surface area contributed by atoms with Crippen molar-refractivity contribution in [1.82, 2.24) is 0 Å². The molecule has 2 aromatic rings. The van der Waals surface area contributed by atoms with Crippen LogP contribution in [0.4, 0.5) is 5.69 Å². The minimum atomic E-state index is -0.408. The van der Waals surface area contributed by atoms with Crippen molar-refractivity contribution in [3.05, 3.63) is 65.1 Å². The highest BCUT2D eigenvalue weighted by atomic mass is 16.5. The van der Waals surface area contributed by atoms with Crippen molar-refractivity contribution in [2.24, 2.45) is 0 Å². The van der Waals surface area contributed by atoms with E-state index in [1.807, 2.05) is 24.3 Å². The molecule has 0 atom stereocenters. The average Bonchev–Trinajstić information content (AvgIpc) is 2.40. The van der Waals surface area contributed by atoms with Gasteiger partial charge >= 0.3 is 5.91 Å². The number of aromatic nitrogens is 1. The molecule has 0 fully saturated rings. The first kappa shape index (κ1) is 12.1. The van der Waals surface area contributed by atoms with Gasteiger partial charge in [0.15, 0.2) is 6.20 Å². The van der Waals surface area contributed by atoms with Crippen LogP contribution in [-0.4, -0.2) is 5.91 Å². The number of aryl methyl sites for hydroxylation is 1. The highest BCUT2D eigenvalue weighted by molar-refractivity contribution is 6.01. The first-order chi connectivity index (χ1) is 8.70. The minimum absolute atomic E-state index is 0.0806. The number of rotatable bonds is 3. The zero-order chi connectivity index (χ0) is 13.0. The van der Waals surface area contributed by atoms with E-state index in [2.05, 4.69) is 12.2 Å². The molecule has 2 rings (SSSR count). The number of amides is 1. The lowest BCUT2D eigenvalue weighted by atomic mass is 10.1. The lowest BCUT2D eigenvalue weighted by Gasteiger charge is -2.06. The summed E-state index contributed by atoms with van der Waals surface area (Å²) in [6.07, 6.45) is 2.25. The number of carbonyl (C=O) groups excluding carboxylic acids is 1. The Balaban J connectivity index is 2.14. The van der Waals surface area contributed by atoms with Crippen LogP contribution in [0.1, 0.15) is 23.0 Å². The molecule has 0 bridgehead atoms. The molecule has 0 radical (unpaired) electrons. The fourth-order valence-corrected chi connectivity index (χ4v) is 1.62. The largest absolute Gasteiger partial charge is 0.618 e. The first-order valence-corrected chi connectivity index (χ1v) is 5.79. The quantitative estimate of drug-likeness (QED) is 0.662. The van der Waals surface area contributed by atoms with Crippen molar-refractivity contribution in [3.63, 3.8) is 0 Å². The second-order valence-electron chi connectivity index (χ2n) is 3.92. The standard InChI is InChI=1S/C14H14N2O2/c1-2-11-6-8-12(9-7-11)15-14(17)13-5-3-4-10-16(13)18/h3-10H,2H2,1H3,(H,15,17). The molecule has 0 unspecified atom stereocenters. The number of nitrogens with one attached hydrogen (secondary N) is 1. The Morgan fingerprint density at radius 3 is 2.56 bits per heavy atom. The molecule has 1 aromatic carbocycles. The van der Waals surface area contributed by atoms with Crippen LogP contribution in [0.15, 0.2) is 48.7 Å². The number of nitrogens with zero attached hydrogens (tertiary/aromatic N) is 1. The van der Waals surface area contributed by atoms with Crippen LogP contribution in [0.3, 0.4) is 0 Å². The molecular weight excluding hydrogens is 228 g/mol. The van der Waals surface area contributed by atoms with Gasteiger partial charge in [0.1, 0.15) is 0 Å². The Kier molecular flexibility index (Phi) is 3.57. The minimum Gasteiger partial charge on any atom is -0.618 e. The van der Waals surface area contributed by atoms with Crippen molar-refractivity contribution in [3.8, 4) is 0 Å². The maximum atomic E-state index is 11.9. The van der Waals surface area contributed by atoms with Gasteiger partial charge in [0.25, 0.3) is 5.69 Å². The van der Waals surface area contributed by atoms with Crippen LogP contribution in [0, 0.1) is 5.21 Å². The summed E-state index contributed by atoms with van der Waals surface area (Å²) in [6, 6.07) is 12.3. The van der Waals surface area contributed by atoms with Gasteiger partial charge in [-0.1, -0.05) is 19.1 Å². The van der Waals surface area contributed by atoms with Gasteiger partial charge in [-0.3, -0.25) is 4.79 Å². The summed E-state index contributed by atoms with van der Waals surface area (Å²) in [5, 5.41) is 14.1. The molecule has 0 saturated heterocycles. The summed E-state index contributed by atoms with van der Waals surface area (Å²) in [7, 11) is 0. The molecule has 0 saturated carbocycles. The van der Waals surface area contributed by atoms with Crippen molar-refractivity contribution in [2.75, 3.05) is 5.32 Å². The highest BCUT2D eigenvalue weighted by Gasteiger charge is 2.14. The highest BCUT2D eigenvalue weighted by Crippen LogP contribution is 2.10. The third-order valence-electron chi connectivity index (χ3n) is 2.68. The molecule has 4 heteroatoms. The summed E-state index contributed by atoms with van der Waals surface area (Å²) in [4.78, 5) is 11.9. The van der Waals surface area contributed by atoms with Crippen LogP contribution < -0.4 is 10.0 Å². The number of hydrogen-bond donors (Lipinski definition) is 1. The fourth-order valence-electron chi connectivity index (χ4n) is 1.62. The molecule has 1 aromatic heterocycles. The molecule has 0 aliphatic heterocycles. The Morgan fingerprint density at radius 1 is 1.22 bits per heavy atom. The summed E-state index contributed by atoms with van der Waals surface area (Å²) in [5.41, 5.74) is 1.96. The molecule has 1 N–H and O–H groups in total. The van der Waals surface area contributed by atoms with Gasteiger partial charge in [0, 0.05) is 17.8 Å². The van der Waals surface area contributed by atoms with Crippen molar-refractivity contribution >= 4 is 11.6 Å². The number of anilines is 1. The summed E-state index contributed by atoms with van der Waals surface area (Å²) >= 11 is 0. The Labute approximate surface area is 105 Å². The number of carbonyl (C=O) groups is 1. The lowest BCUT2D eigenvalue weighted by Crippen LogP contribution is -2.36. The molecule has 1 amide bonds. The van der Waals surface area contributed by atoms with Gasteiger partial charge in [-0.2, -0.15) is 4.73 Å². The summed E-state index contributed by atoms with van der Waals surface area (Å²) < 4.78 is 0.551. The number of hydrogen-bond acceptors (Lipinski definition) is 2. The summed E-state index contributed by atoms with van der Waals surface area (Å²) in [6.45, 7) is 2.07. The van der Waals surface area contributed by atoms with E-state index in [0.717, 1.165) is 6.42 Å². The molecule has 0 aliphatic rings. The van der Waals surface area contributed by atoms with Gasteiger partial charge in [0.05, 0.1) is 0 Å². The number of pyridine rings is 1. The van der Waals surface area contributed by atoms with Crippen molar-refractivity contribution < 1.29 is 9.52 Å². The monoisotopic (exact) mass is 242 g/mol. The molecule has 92 valence electrons. The van der Waals surface area contributed by atoms with Gasteiger partial charge in [-0.15, -0.1) is 0 Å². The van der Waals surface area contributed by atoms with E-state index in [1.165, 1.54) is 17.8 Å². The maximum Gasteiger partial charge on any atom is 0.321 e. The van der Waals surface area contributed by atoms with E-state index in [4.69, 9.17) is 0 Å². The van der Waals surface area contributed by atoms with Gasteiger partial charge in [0.2, 0.25) is 0 Å². The SMILES string of the molecule is CCc1ccc(NC(=O)c2cccc[n+]2[O-])cc1. The van der Waals surface area contributed by atoms with Crippen LogP contribution in [0.25, 0.3) is 0 Å². The predicted molar refractivity (Wildman–Crippen MR) is 69.2 cm³/mol. The van der Waals surface area contributed by atoms with E-state index >= 15 is 0 Å².